The monoisotopic (exact) mass is 902 g/mol. The maximum Gasteiger partial charge on any atom is 1.00 e. The van der Waals surface area contributed by atoms with Gasteiger partial charge in [-0.25, -0.2) is 30.0 Å². The number of hydrogen-bond acceptors (Lipinski definition) is 17. The van der Waals surface area contributed by atoms with E-state index in [2.05, 4.69) is 31.7 Å². The molecule has 0 saturated carbocycles. The van der Waals surface area contributed by atoms with E-state index in [1.165, 1.54) is 50.4 Å². The van der Waals surface area contributed by atoms with Crippen LogP contribution in [0.2, 0.25) is 0 Å². The molecule has 6 rings (SSSR count). The van der Waals surface area contributed by atoms with Crippen molar-refractivity contribution >= 4 is 94.3 Å². The first-order chi connectivity index (χ1) is 26.7. The molecule has 25 heteroatoms. The Labute approximate surface area is 409 Å². The summed E-state index contributed by atoms with van der Waals surface area (Å²) in [6.45, 7) is 1.41. The zero-order chi connectivity index (χ0) is 41.4. The molecule has 4 aromatic carbocycles. The number of hydrogen-bond donors (Lipinski definition) is 4. The van der Waals surface area contributed by atoms with Gasteiger partial charge < -0.3 is 29.0 Å². The summed E-state index contributed by atoms with van der Waals surface area (Å²) in [6.07, 6.45) is 1.81. The number of fused-ring (bicyclic) bond motifs is 2. The van der Waals surface area contributed by atoms with E-state index in [0.29, 0.717) is 5.75 Å². The van der Waals surface area contributed by atoms with Gasteiger partial charge in [0.15, 0.2) is 0 Å². The van der Waals surface area contributed by atoms with Gasteiger partial charge in [-0.15, -0.1) is 0 Å². The summed E-state index contributed by atoms with van der Waals surface area (Å²) in [6, 6.07) is 16.3. The van der Waals surface area contributed by atoms with Crippen LogP contribution in [0.4, 0.5) is 27.5 Å². The predicted octanol–water partition coefficient (Wildman–Crippen LogP) is -5.34. The molecule has 0 spiro atoms. The second-order valence-electron chi connectivity index (χ2n) is 12.0. The Morgan fingerprint density at radius 2 is 1.08 bits per heavy atom. The van der Waals surface area contributed by atoms with Gasteiger partial charge in [0.2, 0.25) is 11.6 Å². The Morgan fingerprint density at radius 3 is 1.52 bits per heavy atom. The van der Waals surface area contributed by atoms with Crippen LogP contribution in [0.3, 0.4) is 0 Å². The summed E-state index contributed by atoms with van der Waals surface area (Å²) in [5, 5.41) is 12.7. The maximum absolute atomic E-state index is 13.4. The second-order valence-corrected chi connectivity index (χ2v) is 16.1. The molecular formula is C35H25N6Na3O13S3. The number of methoxy groups -OCH3 is 1. The fraction of sp³-hybridized carbons (Fsp3) is 0.0571. The molecule has 0 saturated heterocycles. The van der Waals surface area contributed by atoms with Crippen molar-refractivity contribution in [2.45, 2.75) is 11.8 Å². The molecule has 2 aliphatic carbocycles. The Balaban J connectivity index is 0.00000320. The van der Waals surface area contributed by atoms with Crippen LogP contribution in [0.1, 0.15) is 37.4 Å². The number of benzene rings is 4. The number of rotatable bonds is 10. The summed E-state index contributed by atoms with van der Waals surface area (Å²) < 4.78 is 112. The van der Waals surface area contributed by atoms with Crippen LogP contribution in [-0.4, -0.2) is 75.0 Å². The number of carbonyl (C=O) groups excluding carboxylic acids is 3. The molecule has 0 fully saturated rings. The van der Waals surface area contributed by atoms with Crippen molar-refractivity contribution in [2.75, 3.05) is 28.6 Å². The molecule has 0 unspecified atom stereocenters. The molecule has 0 radical (unpaired) electrons. The summed E-state index contributed by atoms with van der Waals surface area (Å²) in [7, 11) is -13.9. The normalized spacial score (nSPS) is 14.8. The minimum absolute atomic E-state index is 0. The van der Waals surface area contributed by atoms with E-state index in [1.807, 2.05) is 0 Å². The standard InChI is InChI=1S/C35H28N6O13S3.3Na/c1-18-13-23(55(45,46)47)9-12-26(18)38-40-31-29(56(48,49)50)16-19-14-21(7-10-24(19)33(31)42)36-35(44)37-22-8-11-25-20(15-22)17-30(57(51,52)53)32(34(25)43)41-39-27-5-3-4-6-28(27)54-2;;;/h3-17,38-39H,1-2H3,(H2,36,37,44)(H,45,46,47)(H,48,49,50)(H,51,52,53);;;/q;3*+1/p-3/b40-31+,41-32+;;;. The number of urea groups is 1. The third kappa shape index (κ3) is 11.5. The third-order valence-corrected chi connectivity index (χ3v) is 10.8. The number of para-hydroxylation sites is 2. The third-order valence-electron chi connectivity index (χ3n) is 8.29. The van der Waals surface area contributed by atoms with Crippen molar-refractivity contribution in [3.63, 3.8) is 0 Å². The van der Waals surface area contributed by atoms with Crippen molar-refractivity contribution in [2.24, 2.45) is 10.2 Å². The topological polar surface area (TPSA) is 305 Å². The van der Waals surface area contributed by atoms with Gasteiger partial charge in [0.1, 0.15) is 47.5 Å². The fourth-order valence-corrected chi connectivity index (χ4v) is 7.45. The molecule has 0 heterocycles. The van der Waals surface area contributed by atoms with Gasteiger partial charge in [0, 0.05) is 22.5 Å². The van der Waals surface area contributed by atoms with Crippen LogP contribution >= 0.6 is 0 Å². The number of ketones is 2. The number of anilines is 4. The van der Waals surface area contributed by atoms with Gasteiger partial charge in [-0.3, -0.25) is 20.4 Å². The van der Waals surface area contributed by atoms with Crippen LogP contribution in [0, 0.1) is 6.92 Å². The van der Waals surface area contributed by atoms with Gasteiger partial charge in [-0.05, 0) is 102 Å². The molecule has 60 heavy (non-hydrogen) atoms. The number of amides is 2. The van der Waals surface area contributed by atoms with Gasteiger partial charge in [-0.2, -0.15) is 10.2 Å². The molecule has 0 atom stereocenters. The first kappa shape index (κ1) is 50.8. The van der Waals surface area contributed by atoms with Crippen molar-refractivity contribution in [1.82, 2.24) is 0 Å². The van der Waals surface area contributed by atoms with E-state index >= 15 is 0 Å². The van der Waals surface area contributed by atoms with Crippen LogP contribution in [-0.2, 0) is 30.4 Å². The van der Waals surface area contributed by atoms with Crippen LogP contribution in [0.5, 0.6) is 5.75 Å². The molecule has 0 aliphatic heterocycles. The van der Waals surface area contributed by atoms with Crippen molar-refractivity contribution < 1.29 is 147 Å². The zero-order valence-electron chi connectivity index (χ0n) is 32.1. The second kappa shape index (κ2) is 20.1. The minimum Gasteiger partial charge on any atom is -0.744 e. The van der Waals surface area contributed by atoms with Gasteiger partial charge in [0.25, 0.3) is 0 Å². The maximum atomic E-state index is 13.4. The van der Waals surface area contributed by atoms with Crippen molar-refractivity contribution in [3.05, 3.63) is 116 Å². The first-order valence-electron chi connectivity index (χ1n) is 15.9. The number of carbonyl (C=O) groups is 3. The van der Waals surface area contributed by atoms with Gasteiger partial charge in [0.05, 0.1) is 33.2 Å². The van der Waals surface area contributed by atoms with Gasteiger partial charge >= 0.3 is 94.7 Å². The zero-order valence-corrected chi connectivity index (χ0v) is 40.5. The van der Waals surface area contributed by atoms with Crippen molar-refractivity contribution in [3.8, 4) is 5.75 Å². The van der Waals surface area contributed by atoms with Crippen molar-refractivity contribution in [1.29, 1.82) is 0 Å². The van der Waals surface area contributed by atoms with E-state index in [0.717, 1.165) is 30.4 Å². The van der Waals surface area contributed by atoms with E-state index in [9.17, 15) is 53.3 Å². The number of aryl methyl sites for hydroxylation is 1. The van der Waals surface area contributed by atoms with Crippen LogP contribution in [0.15, 0.2) is 104 Å². The molecule has 4 aromatic rings. The largest absolute Gasteiger partial charge is 1.00 e. The fourth-order valence-electron chi connectivity index (χ4n) is 5.60. The number of nitrogens with zero attached hydrogens (tertiary/aromatic N) is 2. The summed E-state index contributed by atoms with van der Waals surface area (Å²) in [4.78, 5) is 37.3. The Bertz CT molecular complexity index is 2900. The molecular weight excluding hydrogens is 878 g/mol. The molecule has 2 aliphatic rings. The van der Waals surface area contributed by atoms with E-state index in [-0.39, 0.29) is 139 Å². The first-order valence-corrected chi connectivity index (χ1v) is 20.2. The number of ether oxygens (including phenoxy) is 1. The van der Waals surface area contributed by atoms with E-state index in [1.54, 1.807) is 24.3 Å². The smallest absolute Gasteiger partial charge is 0.744 e. The summed E-state index contributed by atoms with van der Waals surface area (Å²) in [5.41, 5.74) is 3.90. The molecule has 19 nitrogen and oxygen atoms in total. The summed E-state index contributed by atoms with van der Waals surface area (Å²) in [5.74, 6) is -1.56. The van der Waals surface area contributed by atoms with Crippen LogP contribution in [0.25, 0.3) is 12.2 Å². The Hall–Kier alpha value is -3.56. The van der Waals surface area contributed by atoms with Gasteiger partial charge in [-0.1, -0.05) is 12.1 Å². The van der Waals surface area contributed by atoms with E-state index < -0.39 is 74.1 Å². The van der Waals surface area contributed by atoms with Crippen LogP contribution < -0.4 is 115 Å². The average molecular weight is 903 g/mol. The molecule has 294 valence electrons. The molecule has 0 aromatic heterocycles. The quantitative estimate of drug-likeness (QED) is 0.0657. The Kier molecular flexibility index (Phi) is 17.0. The minimum atomic E-state index is -5.32. The van der Waals surface area contributed by atoms with E-state index in [4.69, 9.17) is 4.74 Å². The predicted molar refractivity (Wildman–Crippen MR) is 204 cm³/mol. The number of allylic oxidation sites excluding steroid dienone is 2. The number of Topliss-reactive ketones (excluding diaryl/α,β-unsaturated/α-hetero) is 2. The number of nitrogens with one attached hydrogen (secondary N) is 4. The average Bonchev–Trinajstić information content (AvgIpc) is 3.13. The number of hydrazone groups is 2. The SMILES string of the molecule is COc1ccccc1N/N=C1/C(=O)c2ccc(NC(=O)Nc3ccc4c(c3)C=C(S(=O)(=O)[O-])/C(=N\Nc3ccc(S(=O)(=O)[O-])cc3C)C4=O)cc2C=C1S(=O)(=O)[O-].[Na+].[Na+].[Na+]. The molecule has 2 amide bonds. The molecule has 0 bridgehead atoms. The Morgan fingerprint density at radius 1 is 0.617 bits per heavy atom. The summed E-state index contributed by atoms with van der Waals surface area (Å²) >= 11 is 0. The molecule has 4 N–H and O–H groups in total.